The van der Waals surface area contributed by atoms with Gasteiger partial charge in [0.25, 0.3) is 0 Å². The normalized spacial score (nSPS) is 15.3. The van der Waals surface area contributed by atoms with Crippen LogP contribution in [0.4, 0.5) is 0 Å². The van der Waals surface area contributed by atoms with Gasteiger partial charge >= 0.3 is 5.76 Å². The number of benzene rings is 2. The van der Waals surface area contributed by atoms with Gasteiger partial charge in [-0.2, -0.15) is 4.31 Å². The summed E-state index contributed by atoms with van der Waals surface area (Å²) in [5.41, 5.74) is 1.84. The van der Waals surface area contributed by atoms with Gasteiger partial charge < -0.3 is 9.15 Å². The van der Waals surface area contributed by atoms with E-state index in [0.29, 0.717) is 31.8 Å². The molecule has 0 bridgehead atoms. The number of fused-ring (bicyclic) bond motifs is 1. The molecule has 0 aliphatic carbocycles. The smallest absolute Gasteiger partial charge is 0.420 e. The summed E-state index contributed by atoms with van der Waals surface area (Å²) in [5, 5.41) is 0. The van der Waals surface area contributed by atoms with Gasteiger partial charge in [-0.3, -0.25) is 4.57 Å². The Labute approximate surface area is 163 Å². The van der Waals surface area contributed by atoms with Crippen molar-refractivity contribution in [3.05, 3.63) is 58.6 Å². The molecule has 7 nitrogen and oxygen atoms in total. The first-order valence-corrected chi connectivity index (χ1v) is 10.7. The van der Waals surface area contributed by atoms with E-state index in [4.69, 9.17) is 9.15 Å². The second kappa shape index (κ2) is 7.44. The highest BCUT2D eigenvalue weighted by molar-refractivity contribution is 7.89. The number of para-hydroxylation sites is 1. The second-order valence-corrected chi connectivity index (χ2v) is 8.81. The fourth-order valence-corrected chi connectivity index (χ4v) is 4.99. The molecule has 148 valence electrons. The molecule has 0 N–H and O–H groups in total. The molecule has 0 atom stereocenters. The Balaban J connectivity index is 1.56. The van der Waals surface area contributed by atoms with Crippen molar-refractivity contribution in [1.29, 1.82) is 0 Å². The summed E-state index contributed by atoms with van der Waals surface area (Å²) >= 11 is 0. The van der Waals surface area contributed by atoms with Crippen LogP contribution in [0.3, 0.4) is 0 Å². The molecular formula is C20H22N2O5S. The van der Waals surface area contributed by atoms with Gasteiger partial charge in [-0.05, 0) is 43.5 Å². The van der Waals surface area contributed by atoms with Crippen LogP contribution in [0.5, 0.6) is 5.75 Å². The zero-order chi connectivity index (χ0) is 19.7. The first-order valence-electron chi connectivity index (χ1n) is 9.29. The quantitative estimate of drug-likeness (QED) is 0.633. The van der Waals surface area contributed by atoms with Crippen molar-refractivity contribution in [3.8, 4) is 5.75 Å². The number of aromatic nitrogens is 1. The Kier molecular flexibility index (Phi) is 4.99. The highest BCUT2D eigenvalue weighted by atomic mass is 32.2. The average molecular weight is 402 g/mol. The Bertz CT molecular complexity index is 1160. The van der Waals surface area contributed by atoms with Gasteiger partial charge in [0.2, 0.25) is 10.0 Å². The molecule has 2 aromatic carbocycles. The summed E-state index contributed by atoms with van der Waals surface area (Å²) in [6.45, 7) is 3.62. The van der Waals surface area contributed by atoms with Crippen LogP contribution < -0.4 is 10.5 Å². The van der Waals surface area contributed by atoms with Crippen molar-refractivity contribution in [3.63, 3.8) is 0 Å². The van der Waals surface area contributed by atoms with Gasteiger partial charge in [-0.15, -0.1) is 0 Å². The molecular weight excluding hydrogens is 380 g/mol. The third-order valence-corrected chi connectivity index (χ3v) is 6.90. The number of ether oxygens (including phenoxy) is 1. The molecule has 1 saturated heterocycles. The molecule has 0 saturated carbocycles. The molecule has 0 spiro atoms. The fourth-order valence-electron chi connectivity index (χ4n) is 3.46. The Morgan fingerprint density at radius 1 is 1.11 bits per heavy atom. The highest BCUT2D eigenvalue weighted by Crippen LogP contribution is 2.24. The molecule has 1 aromatic heterocycles. The molecule has 1 fully saturated rings. The van der Waals surface area contributed by atoms with Crippen molar-refractivity contribution < 1.29 is 17.6 Å². The van der Waals surface area contributed by atoms with Crippen LogP contribution in [0.1, 0.15) is 18.4 Å². The van der Waals surface area contributed by atoms with Crippen molar-refractivity contribution in [2.45, 2.75) is 31.2 Å². The lowest BCUT2D eigenvalue weighted by Crippen LogP contribution is -2.27. The molecule has 2 heterocycles. The monoisotopic (exact) mass is 402 g/mol. The lowest BCUT2D eigenvalue weighted by molar-refractivity contribution is 0.292. The molecule has 8 heteroatoms. The molecule has 3 aromatic rings. The Morgan fingerprint density at radius 2 is 1.86 bits per heavy atom. The van der Waals surface area contributed by atoms with Gasteiger partial charge in [0.1, 0.15) is 12.4 Å². The number of sulfonamides is 1. The van der Waals surface area contributed by atoms with Gasteiger partial charge in [0.15, 0.2) is 5.58 Å². The van der Waals surface area contributed by atoms with E-state index in [1.165, 1.54) is 21.0 Å². The lowest BCUT2D eigenvalue weighted by atomic mass is 10.2. The van der Waals surface area contributed by atoms with Crippen molar-refractivity contribution in [1.82, 2.24) is 8.87 Å². The number of oxazole rings is 1. The first-order chi connectivity index (χ1) is 13.5. The first kappa shape index (κ1) is 18.8. The van der Waals surface area contributed by atoms with E-state index in [1.807, 2.05) is 31.2 Å². The predicted octanol–water partition coefficient (Wildman–Crippen LogP) is 2.77. The van der Waals surface area contributed by atoms with Gasteiger partial charge in [0, 0.05) is 19.2 Å². The standard InChI is InChI=1S/C20H22N2O5S/c1-15-6-2-3-7-18(15)26-13-12-22-17-9-8-16(14-19(17)27-20(22)23)28(24,25)21-10-4-5-11-21/h2-3,6-9,14H,4-5,10-13H2,1H3. The summed E-state index contributed by atoms with van der Waals surface area (Å²) in [4.78, 5) is 12.4. The number of aryl methyl sites for hydroxylation is 1. The van der Waals surface area contributed by atoms with Crippen molar-refractivity contribution >= 4 is 21.1 Å². The highest BCUT2D eigenvalue weighted by Gasteiger charge is 2.28. The summed E-state index contributed by atoms with van der Waals surface area (Å²) in [5.74, 6) is 0.237. The second-order valence-electron chi connectivity index (χ2n) is 6.87. The predicted molar refractivity (Wildman–Crippen MR) is 105 cm³/mol. The van der Waals surface area contributed by atoms with Crippen molar-refractivity contribution in [2.75, 3.05) is 19.7 Å². The third-order valence-electron chi connectivity index (χ3n) is 5.01. The van der Waals surface area contributed by atoms with Gasteiger partial charge in [-0.25, -0.2) is 13.2 Å². The topological polar surface area (TPSA) is 81.8 Å². The minimum atomic E-state index is -3.55. The summed E-state index contributed by atoms with van der Waals surface area (Å²) in [7, 11) is -3.55. The molecule has 4 rings (SSSR count). The van der Waals surface area contributed by atoms with Crippen LogP contribution in [0, 0.1) is 6.92 Å². The molecule has 0 amide bonds. The van der Waals surface area contributed by atoms with Crippen LogP contribution in [0.25, 0.3) is 11.1 Å². The van der Waals surface area contributed by atoms with Crippen LogP contribution in [-0.2, 0) is 16.6 Å². The fraction of sp³-hybridized carbons (Fsp3) is 0.350. The van der Waals surface area contributed by atoms with E-state index in [0.717, 1.165) is 24.2 Å². The van der Waals surface area contributed by atoms with Crippen LogP contribution >= 0.6 is 0 Å². The van der Waals surface area contributed by atoms with Gasteiger partial charge in [0.05, 0.1) is 17.0 Å². The molecule has 28 heavy (non-hydrogen) atoms. The Hall–Kier alpha value is -2.58. The largest absolute Gasteiger partial charge is 0.491 e. The molecule has 1 aliphatic rings. The number of hydrogen-bond acceptors (Lipinski definition) is 5. The molecule has 0 radical (unpaired) electrons. The maximum Gasteiger partial charge on any atom is 0.420 e. The van der Waals surface area contributed by atoms with Crippen molar-refractivity contribution in [2.24, 2.45) is 0 Å². The average Bonchev–Trinajstić information content (AvgIpc) is 3.31. The van der Waals surface area contributed by atoms with E-state index < -0.39 is 15.8 Å². The minimum Gasteiger partial charge on any atom is -0.491 e. The SMILES string of the molecule is Cc1ccccc1OCCn1c(=O)oc2cc(S(=O)(=O)N3CCCC3)ccc21. The number of rotatable bonds is 6. The van der Waals surface area contributed by atoms with E-state index in [2.05, 4.69) is 0 Å². The summed E-state index contributed by atoms with van der Waals surface area (Å²) < 4.78 is 39.4. The number of nitrogens with zero attached hydrogens (tertiary/aromatic N) is 2. The van der Waals surface area contributed by atoms with Crippen LogP contribution in [-0.4, -0.2) is 37.0 Å². The maximum absolute atomic E-state index is 12.7. The minimum absolute atomic E-state index is 0.152. The van der Waals surface area contributed by atoms with E-state index in [1.54, 1.807) is 6.07 Å². The third kappa shape index (κ3) is 3.45. The molecule has 1 aliphatic heterocycles. The summed E-state index contributed by atoms with van der Waals surface area (Å²) in [6, 6.07) is 12.2. The van der Waals surface area contributed by atoms with Crippen LogP contribution in [0.15, 0.2) is 56.6 Å². The molecule has 0 unspecified atom stereocenters. The van der Waals surface area contributed by atoms with E-state index in [9.17, 15) is 13.2 Å². The lowest BCUT2D eigenvalue weighted by Gasteiger charge is -2.15. The maximum atomic E-state index is 12.7. The van der Waals surface area contributed by atoms with E-state index >= 15 is 0 Å². The zero-order valence-electron chi connectivity index (χ0n) is 15.6. The summed E-state index contributed by atoms with van der Waals surface area (Å²) in [6.07, 6.45) is 1.74. The number of hydrogen-bond donors (Lipinski definition) is 0. The van der Waals surface area contributed by atoms with Gasteiger partial charge in [-0.1, -0.05) is 18.2 Å². The zero-order valence-corrected chi connectivity index (χ0v) is 16.4. The Morgan fingerprint density at radius 3 is 2.61 bits per heavy atom. The van der Waals surface area contributed by atoms with Crippen LogP contribution in [0.2, 0.25) is 0 Å². The van der Waals surface area contributed by atoms with E-state index in [-0.39, 0.29) is 10.5 Å².